The zero-order valence-electron chi connectivity index (χ0n) is 8.24. The molecule has 0 aliphatic rings. The van der Waals surface area contributed by atoms with E-state index in [9.17, 15) is 0 Å². The maximum atomic E-state index is 2.25. The van der Waals surface area contributed by atoms with Gasteiger partial charge in [0.15, 0.2) is 0 Å². The smallest absolute Gasteiger partial charge is 1.00 e. The van der Waals surface area contributed by atoms with Crippen LogP contribution in [-0.4, -0.2) is 0 Å². The second kappa shape index (κ2) is 16.3. The molecule has 0 spiro atoms. The summed E-state index contributed by atoms with van der Waals surface area (Å²) in [6, 6.07) is 0. The largest absolute Gasteiger partial charge is 1.00 e. The van der Waals surface area contributed by atoms with Gasteiger partial charge in [0.05, 0.1) is 0 Å². The maximum absolute atomic E-state index is 2.25. The molecule has 0 aromatic carbocycles. The van der Waals surface area contributed by atoms with E-state index in [1.165, 1.54) is 32.1 Å². The Morgan fingerprint density at radius 1 is 0.889 bits per heavy atom. The topological polar surface area (TPSA) is 0 Å². The van der Waals surface area contributed by atoms with Crippen molar-refractivity contribution < 1.29 is 50.5 Å². The summed E-state index contributed by atoms with van der Waals surface area (Å²) in [7, 11) is 0. The van der Waals surface area contributed by atoms with Gasteiger partial charge in [-0.3, -0.25) is 0 Å². The van der Waals surface area contributed by atoms with Crippen LogP contribution in [-0.2, 0) is 19.5 Å². The maximum Gasteiger partial charge on any atom is 1.00 e. The molecule has 0 saturated heterocycles. The summed E-state index contributed by atoms with van der Waals surface area (Å²) in [5.41, 5.74) is 0. The zero-order chi connectivity index (χ0) is 5.54. The molecule has 0 saturated carbocycles. The van der Waals surface area contributed by atoms with E-state index in [0.29, 0.717) is 0 Å². The van der Waals surface area contributed by atoms with Gasteiger partial charge in [0.1, 0.15) is 0 Å². The molecule has 0 aliphatic carbocycles. The summed E-state index contributed by atoms with van der Waals surface area (Å²) in [6.45, 7) is 4.49. The first-order chi connectivity index (χ1) is 3.41. The molecule has 9 heavy (non-hydrogen) atoms. The Kier molecular flexibility index (Phi) is 30.7. The molecular weight excluding hydrogens is 172 g/mol. The van der Waals surface area contributed by atoms with Crippen LogP contribution in [0.15, 0.2) is 0 Å². The zero-order valence-corrected chi connectivity index (χ0v) is 12.2. The molecule has 2 heteroatoms. The van der Waals surface area contributed by atoms with Crippen molar-refractivity contribution in [2.75, 3.05) is 0 Å². The predicted octanol–water partition coefficient (Wildman–Crippen LogP) is 0.0907. The normalized spacial score (nSPS) is 7.33. The quantitative estimate of drug-likeness (QED) is 0.435. The second-order valence-electron chi connectivity index (χ2n) is 2.06. The molecule has 0 amide bonds. The Morgan fingerprint density at radius 3 is 1.44 bits per heavy atom. The minimum absolute atomic E-state index is 0. The van der Waals surface area contributed by atoms with Gasteiger partial charge < -0.3 is 1.43 Å². The van der Waals surface area contributed by atoms with E-state index < -0.39 is 0 Å². The van der Waals surface area contributed by atoms with E-state index in [1.807, 2.05) is 0 Å². The average molecular weight is 190 g/mol. The monoisotopic (exact) mass is 188 g/mol. The molecule has 0 radical (unpaired) electrons. The van der Waals surface area contributed by atoms with Gasteiger partial charge in [-0.15, -0.1) is 0 Å². The van der Waals surface area contributed by atoms with Gasteiger partial charge in [0.25, 0.3) is 0 Å². The van der Waals surface area contributed by atoms with E-state index in [0.717, 1.165) is 0 Å². The van der Waals surface area contributed by atoms with Crippen LogP contribution in [0.3, 0.4) is 0 Å². The van der Waals surface area contributed by atoms with Gasteiger partial charge >= 0.3 is 29.6 Å². The first kappa shape index (κ1) is 16.9. The molecule has 0 N–H and O–H groups in total. The fraction of sp³-hybridized carbons (Fsp3) is 1.00. The minimum atomic E-state index is 0. The van der Waals surface area contributed by atoms with E-state index in [4.69, 9.17) is 0 Å². The Balaban J connectivity index is -0.0000000600. The van der Waals surface area contributed by atoms with Crippen LogP contribution in [0, 0.1) is 0 Å². The van der Waals surface area contributed by atoms with Crippen LogP contribution >= 0.6 is 0 Å². The van der Waals surface area contributed by atoms with E-state index in [-0.39, 0.29) is 50.5 Å². The number of unbranched alkanes of at least 4 members (excludes halogenated alkanes) is 4. The van der Waals surface area contributed by atoms with Crippen molar-refractivity contribution in [2.24, 2.45) is 0 Å². The van der Waals surface area contributed by atoms with Crippen LogP contribution < -0.4 is 29.6 Å². The van der Waals surface area contributed by atoms with Gasteiger partial charge in [0, 0.05) is 19.5 Å². The molecular formula is C7H17NaZn. The third-order valence-electron chi connectivity index (χ3n) is 1.21. The van der Waals surface area contributed by atoms with Crippen LogP contribution in [0.25, 0.3) is 0 Å². The minimum Gasteiger partial charge on any atom is -1.00 e. The van der Waals surface area contributed by atoms with Crippen molar-refractivity contribution in [3.05, 3.63) is 0 Å². The van der Waals surface area contributed by atoms with Gasteiger partial charge in [-0.2, -0.15) is 0 Å². The summed E-state index contributed by atoms with van der Waals surface area (Å²) in [5, 5.41) is 0. The van der Waals surface area contributed by atoms with Gasteiger partial charge in [-0.05, 0) is 0 Å². The van der Waals surface area contributed by atoms with Crippen molar-refractivity contribution >= 4 is 0 Å². The fourth-order valence-electron chi connectivity index (χ4n) is 0.677. The van der Waals surface area contributed by atoms with Crippen LogP contribution in [0.5, 0.6) is 0 Å². The Bertz CT molecular complexity index is 32.8. The molecule has 48 valence electrons. The van der Waals surface area contributed by atoms with Crippen molar-refractivity contribution in [2.45, 2.75) is 46.0 Å². The molecule has 0 fully saturated rings. The molecule has 0 heterocycles. The number of hydrogen-bond donors (Lipinski definition) is 0. The second-order valence-corrected chi connectivity index (χ2v) is 2.06. The van der Waals surface area contributed by atoms with Crippen molar-refractivity contribution in [1.82, 2.24) is 0 Å². The number of hydrogen-bond acceptors (Lipinski definition) is 0. The van der Waals surface area contributed by atoms with Gasteiger partial charge in [0.2, 0.25) is 0 Å². The van der Waals surface area contributed by atoms with E-state index >= 15 is 0 Å². The summed E-state index contributed by atoms with van der Waals surface area (Å²) in [4.78, 5) is 0. The summed E-state index contributed by atoms with van der Waals surface area (Å²) < 4.78 is 0. The van der Waals surface area contributed by atoms with E-state index in [2.05, 4.69) is 13.8 Å². The molecule has 0 aromatic heterocycles. The molecule has 0 rings (SSSR count). The first-order valence-corrected chi connectivity index (χ1v) is 3.41. The van der Waals surface area contributed by atoms with Gasteiger partial charge in [-0.1, -0.05) is 46.0 Å². The van der Waals surface area contributed by atoms with Crippen molar-refractivity contribution in [1.29, 1.82) is 0 Å². The summed E-state index contributed by atoms with van der Waals surface area (Å²) in [6.07, 6.45) is 7.01. The molecule has 0 unspecified atom stereocenters. The Hall–Kier alpha value is 1.62. The SMILES string of the molecule is CCCCCCC.[H-].[Na+].[Zn]. The van der Waals surface area contributed by atoms with Gasteiger partial charge in [-0.25, -0.2) is 0 Å². The standard InChI is InChI=1S/C7H16.Na.Zn.H/c1-3-5-7-6-4-2;;;/h3-7H2,1-2H3;;;/q;+1;;-1. The van der Waals surface area contributed by atoms with Crippen LogP contribution in [0.1, 0.15) is 47.4 Å². The predicted molar refractivity (Wildman–Crippen MR) is 35.5 cm³/mol. The third-order valence-corrected chi connectivity index (χ3v) is 1.21. The fourth-order valence-corrected chi connectivity index (χ4v) is 0.677. The molecule has 0 atom stereocenters. The molecule has 0 aromatic rings. The first-order valence-electron chi connectivity index (χ1n) is 3.41. The summed E-state index contributed by atoms with van der Waals surface area (Å²) in [5.74, 6) is 0. The van der Waals surface area contributed by atoms with Crippen LogP contribution in [0.4, 0.5) is 0 Å². The molecule has 0 nitrogen and oxygen atoms in total. The van der Waals surface area contributed by atoms with E-state index in [1.54, 1.807) is 0 Å². The third kappa shape index (κ3) is 17.7. The summed E-state index contributed by atoms with van der Waals surface area (Å²) >= 11 is 0. The Morgan fingerprint density at radius 2 is 1.22 bits per heavy atom. The van der Waals surface area contributed by atoms with Crippen molar-refractivity contribution in [3.8, 4) is 0 Å². The number of rotatable bonds is 4. The van der Waals surface area contributed by atoms with Crippen LogP contribution in [0.2, 0.25) is 0 Å². The average Bonchev–Trinajstić information content (AvgIpc) is 1.69. The molecule has 0 bridgehead atoms. The van der Waals surface area contributed by atoms with Crippen molar-refractivity contribution in [3.63, 3.8) is 0 Å². The molecule has 0 aliphatic heterocycles. The Labute approximate surface area is 95.7 Å².